The predicted octanol–water partition coefficient (Wildman–Crippen LogP) is 4.70. The Hall–Kier alpha value is -3.38. The normalized spacial score (nSPS) is 18.6. The van der Waals surface area contributed by atoms with E-state index in [9.17, 15) is 19.1 Å². The number of benzene rings is 2. The van der Waals surface area contributed by atoms with Crippen LogP contribution in [0.1, 0.15) is 17.4 Å². The maximum absolute atomic E-state index is 13.2. The van der Waals surface area contributed by atoms with Crippen molar-refractivity contribution in [1.29, 1.82) is 0 Å². The summed E-state index contributed by atoms with van der Waals surface area (Å²) in [7, 11) is 0. The fraction of sp³-hybridized carbons (Fsp3) is 0.0476. The van der Waals surface area contributed by atoms with Gasteiger partial charge in [0, 0.05) is 16.3 Å². The lowest BCUT2D eigenvalue weighted by Gasteiger charge is -2.23. The topological polar surface area (TPSA) is 70.8 Å². The van der Waals surface area contributed by atoms with Crippen LogP contribution in [0.4, 0.5) is 10.1 Å². The summed E-state index contributed by atoms with van der Waals surface area (Å²) in [5.41, 5.74) is 0.500. The Morgan fingerprint density at radius 3 is 2.32 bits per heavy atom. The van der Waals surface area contributed by atoms with Crippen molar-refractivity contribution in [3.05, 3.63) is 94.7 Å². The smallest absolute Gasteiger partial charge is 0.300 e. The third-order valence-corrected chi connectivity index (χ3v) is 4.73. The average Bonchev–Trinajstić information content (AvgIpc) is 3.30. The number of furan rings is 1. The molecule has 0 aliphatic carbocycles. The Labute approximate surface area is 164 Å². The van der Waals surface area contributed by atoms with Crippen LogP contribution in [0.2, 0.25) is 5.02 Å². The summed E-state index contributed by atoms with van der Waals surface area (Å²) in [4.78, 5) is 26.8. The monoisotopic (exact) mass is 397 g/mol. The molecule has 1 N–H and O–H groups in total. The van der Waals surface area contributed by atoms with Crippen molar-refractivity contribution in [1.82, 2.24) is 0 Å². The van der Waals surface area contributed by atoms with E-state index >= 15 is 0 Å². The molecule has 5 nitrogen and oxygen atoms in total. The molecule has 1 saturated heterocycles. The zero-order valence-corrected chi connectivity index (χ0v) is 15.1. The largest absolute Gasteiger partial charge is 0.507 e. The number of carbonyl (C=O) groups is 2. The van der Waals surface area contributed by atoms with Crippen molar-refractivity contribution in [3.63, 3.8) is 0 Å². The van der Waals surface area contributed by atoms with Gasteiger partial charge in [-0.25, -0.2) is 4.39 Å². The molecule has 0 spiro atoms. The molecule has 1 aromatic heterocycles. The minimum atomic E-state index is -0.971. The Morgan fingerprint density at radius 2 is 1.71 bits per heavy atom. The first-order valence-electron chi connectivity index (χ1n) is 8.33. The number of halogens is 2. The van der Waals surface area contributed by atoms with Gasteiger partial charge in [0.25, 0.3) is 11.7 Å². The second-order valence-electron chi connectivity index (χ2n) is 6.17. The van der Waals surface area contributed by atoms with Crippen LogP contribution in [-0.4, -0.2) is 16.8 Å². The lowest BCUT2D eigenvalue weighted by atomic mass is 9.99. The van der Waals surface area contributed by atoms with Gasteiger partial charge in [0.15, 0.2) is 0 Å². The Kier molecular flexibility index (Phi) is 4.49. The molecule has 1 aliphatic heterocycles. The third kappa shape index (κ3) is 2.97. The SMILES string of the molecule is O=C1C(=O)N(c2ccc(Cl)cc2)C(c2ccco2)/C1=C(/O)c1ccc(F)cc1. The highest BCUT2D eigenvalue weighted by molar-refractivity contribution is 6.51. The molecule has 1 atom stereocenters. The summed E-state index contributed by atoms with van der Waals surface area (Å²) >= 11 is 5.92. The number of anilines is 1. The summed E-state index contributed by atoms with van der Waals surface area (Å²) in [6, 6.07) is 13.6. The molecule has 0 bridgehead atoms. The van der Waals surface area contributed by atoms with Crippen LogP contribution in [0, 0.1) is 5.82 Å². The number of amides is 1. The van der Waals surface area contributed by atoms with E-state index in [0.717, 1.165) is 12.1 Å². The van der Waals surface area contributed by atoms with Crippen molar-refractivity contribution >= 4 is 34.7 Å². The molecule has 3 aromatic rings. The number of Topliss-reactive ketones (excluding diaryl/α,β-unsaturated/α-hetero) is 1. The third-order valence-electron chi connectivity index (χ3n) is 4.48. The summed E-state index contributed by atoms with van der Waals surface area (Å²) < 4.78 is 18.7. The van der Waals surface area contributed by atoms with Gasteiger partial charge in [-0.2, -0.15) is 0 Å². The first-order chi connectivity index (χ1) is 13.5. The van der Waals surface area contributed by atoms with Gasteiger partial charge < -0.3 is 9.52 Å². The van der Waals surface area contributed by atoms with E-state index in [0.29, 0.717) is 16.5 Å². The molecule has 7 heteroatoms. The maximum Gasteiger partial charge on any atom is 0.300 e. The van der Waals surface area contributed by atoms with E-state index in [4.69, 9.17) is 16.0 Å². The summed E-state index contributed by atoms with van der Waals surface area (Å²) in [6.07, 6.45) is 1.41. The van der Waals surface area contributed by atoms with Crippen molar-refractivity contribution in [3.8, 4) is 0 Å². The minimum absolute atomic E-state index is 0.137. The number of aliphatic hydroxyl groups is 1. The Morgan fingerprint density at radius 1 is 1.04 bits per heavy atom. The predicted molar refractivity (Wildman–Crippen MR) is 101 cm³/mol. The van der Waals surface area contributed by atoms with Gasteiger partial charge in [0.05, 0.1) is 11.8 Å². The zero-order valence-electron chi connectivity index (χ0n) is 14.3. The van der Waals surface area contributed by atoms with Crippen molar-refractivity contribution < 1.29 is 23.5 Å². The highest BCUT2D eigenvalue weighted by Gasteiger charge is 2.48. The van der Waals surface area contributed by atoms with Gasteiger partial charge in [-0.05, 0) is 60.7 Å². The summed E-state index contributed by atoms with van der Waals surface area (Å²) in [6.45, 7) is 0. The summed E-state index contributed by atoms with van der Waals surface area (Å²) in [5.74, 6) is -2.26. The van der Waals surface area contributed by atoms with Gasteiger partial charge >= 0.3 is 0 Å². The fourth-order valence-corrected chi connectivity index (χ4v) is 3.31. The molecule has 2 heterocycles. The molecular weight excluding hydrogens is 385 g/mol. The molecule has 1 unspecified atom stereocenters. The molecule has 2 aromatic carbocycles. The van der Waals surface area contributed by atoms with E-state index in [1.54, 1.807) is 36.4 Å². The van der Waals surface area contributed by atoms with Crippen LogP contribution in [0.5, 0.6) is 0 Å². The van der Waals surface area contributed by atoms with Crippen molar-refractivity contribution in [2.24, 2.45) is 0 Å². The van der Waals surface area contributed by atoms with Gasteiger partial charge in [0.2, 0.25) is 0 Å². The highest BCUT2D eigenvalue weighted by Crippen LogP contribution is 2.42. The minimum Gasteiger partial charge on any atom is -0.507 e. The van der Waals surface area contributed by atoms with E-state index in [-0.39, 0.29) is 11.1 Å². The highest BCUT2D eigenvalue weighted by atomic mass is 35.5. The van der Waals surface area contributed by atoms with E-state index in [2.05, 4.69) is 0 Å². The standard InChI is InChI=1S/C21H13ClFNO4/c22-13-5-9-15(10-6-13)24-18(16-2-1-11-28-16)17(20(26)21(24)27)19(25)12-3-7-14(23)8-4-12/h1-11,18,25H/b19-17-. The zero-order chi connectivity index (χ0) is 19.8. The molecule has 1 amide bonds. The lowest BCUT2D eigenvalue weighted by Crippen LogP contribution is -2.29. The number of nitrogens with zero attached hydrogens (tertiary/aromatic N) is 1. The van der Waals surface area contributed by atoms with Crippen molar-refractivity contribution in [2.45, 2.75) is 6.04 Å². The first kappa shape index (κ1) is 18.0. The molecular formula is C21H13ClFNO4. The molecule has 1 fully saturated rings. The van der Waals surface area contributed by atoms with E-state index in [1.807, 2.05) is 0 Å². The maximum atomic E-state index is 13.2. The number of carbonyl (C=O) groups excluding carboxylic acids is 2. The van der Waals surface area contributed by atoms with Crippen LogP contribution >= 0.6 is 11.6 Å². The molecule has 28 heavy (non-hydrogen) atoms. The van der Waals surface area contributed by atoms with Gasteiger partial charge in [-0.15, -0.1) is 0 Å². The lowest BCUT2D eigenvalue weighted by molar-refractivity contribution is -0.132. The summed E-state index contributed by atoms with van der Waals surface area (Å²) in [5, 5.41) is 11.2. The van der Waals surface area contributed by atoms with Crippen molar-refractivity contribution in [2.75, 3.05) is 4.90 Å². The van der Waals surface area contributed by atoms with E-state index in [1.165, 1.54) is 23.3 Å². The number of ketones is 1. The number of hydrogen-bond donors (Lipinski definition) is 1. The molecule has 140 valence electrons. The molecule has 4 rings (SSSR count). The number of hydrogen-bond acceptors (Lipinski definition) is 4. The van der Waals surface area contributed by atoms with Gasteiger partial charge in [-0.3, -0.25) is 14.5 Å². The first-order valence-corrected chi connectivity index (χ1v) is 8.71. The van der Waals surface area contributed by atoms with E-state index < -0.39 is 29.3 Å². The second kappa shape index (κ2) is 6.98. The van der Waals surface area contributed by atoms with Crippen LogP contribution < -0.4 is 4.90 Å². The van der Waals surface area contributed by atoms with Crippen LogP contribution in [0.15, 0.2) is 76.9 Å². The fourth-order valence-electron chi connectivity index (χ4n) is 3.18. The second-order valence-corrected chi connectivity index (χ2v) is 6.60. The quantitative estimate of drug-likeness (QED) is 0.395. The average molecular weight is 398 g/mol. The Bertz CT molecular complexity index is 1070. The number of rotatable bonds is 3. The number of aliphatic hydroxyl groups excluding tert-OH is 1. The molecule has 0 radical (unpaired) electrons. The van der Waals surface area contributed by atoms with Crippen LogP contribution in [-0.2, 0) is 9.59 Å². The Balaban J connectivity index is 1.91. The van der Waals surface area contributed by atoms with Gasteiger partial charge in [0.1, 0.15) is 23.4 Å². The molecule has 1 aliphatic rings. The molecule has 0 saturated carbocycles. The van der Waals surface area contributed by atoms with Gasteiger partial charge in [-0.1, -0.05) is 11.6 Å². The van der Waals surface area contributed by atoms with Crippen LogP contribution in [0.3, 0.4) is 0 Å². The van der Waals surface area contributed by atoms with Crippen LogP contribution in [0.25, 0.3) is 5.76 Å².